The van der Waals surface area contributed by atoms with Crippen molar-refractivity contribution in [1.29, 1.82) is 0 Å². The molecule has 2 N–H and O–H groups in total. The standard InChI is InChI=1S/C21H30N2O3/c1-14(2)9-10-26-19-7-5-16(6-8-19)21(25)23-22-20(24)13-18-12-15-3-4-17(18)11-15/h5-8,14-15,17-18H,3-4,9-13H2,1-2H3,(H,22,24)(H,23,25). The Kier molecular flexibility index (Phi) is 6.17. The molecule has 0 aliphatic heterocycles. The molecule has 0 spiro atoms. The monoisotopic (exact) mass is 358 g/mol. The van der Waals surface area contributed by atoms with Gasteiger partial charge in [-0.1, -0.05) is 20.3 Å². The highest BCUT2D eigenvalue weighted by atomic mass is 16.5. The Bertz CT molecular complexity index is 627. The largest absolute Gasteiger partial charge is 0.494 e. The van der Waals surface area contributed by atoms with E-state index in [0.717, 1.165) is 18.1 Å². The van der Waals surface area contributed by atoms with E-state index >= 15 is 0 Å². The molecule has 0 radical (unpaired) electrons. The summed E-state index contributed by atoms with van der Waals surface area (Å²) in [4.78, 5) is 24.3. The summed E-state index contributed by atoms with van der Waals surface area (Å²) in [5, 5.41) is 0. The highest BCUT2D eigenvalue weighted by Crippen LogP contribution is 2.49. The van der Waals surface area contributed by atoms with E-state index < -0.39 is 0 Å². The van der Waals surface area contributed by atoms with Gasteiger partial charge in [-0.25, -0.2) is 0 Å². The minimum Gasteiger partial charge on any atom is -0.494 e. The Morgan fingerprint density at radius 2 is 1.88 bits per heavy atom. The average Bonchev–Trinajstić information content (AvgIpc) is 3.23. The van der Waals surface area contributed by atoms with Crippen LogP contribution in [0.4, 0.5) is 0 Å². The van der Waals surface area contributed by atoms with Gasteiger partial charge >= 0.3 is 0 Å². The van der Waals surface area contributed by atoms with Crippen LogP contribution in [-0.4, -0.2) is 18.4 Å². The number of amides is 2. The molecule has 0 aromatic heterocycles. The van der Waals surface area contributed by atoms with Gasteiger partial charge in [0.25, 0.3) is 5.91 Å². The summed E-state index contributed by atoms with van der Waals surface area (Å²) in [6.07, 6.45) is 6.57. The first-order valence-corrected chi connectivity index (χ1v) is 9.83. The molecule has 5 heteroatoms. The summed E-state index contributed by atoms with van der Waals surface area (Å²) < 4.78 is 5.65. The lowest BCUT2D eigenvalue weighted by Crippen LogP contribution is -2.42. The van der Waals surface area contributed by atoms with E-state index in [-0.39, 0.29) is 11.8 Å². The van der Waals surface area contributed by atoms with Gasteiger partial charge in [-0.3, -0.25) is 20.4 Å². The molecule has 1 aromatic rings. The van der Waals surface area contributed by atoms with Gasteiger partial charge in [-0.2, -0.15) is 0 Å². The van der Waals surface area contributed by atoms with E-state index in [2.05, 4.69) is 24.7 Å². The Hall–Kier alpha value is -2.04. The fourth-order valence-electron chi connectivity index (χ4n) is 4.23. The molecule has 0 heterocycles. The van der Waals surface area contributed by atoms with Crippen LogP contribution < -0.4 is 15.6 Å². The zero-order chi connectivity index (χ0) is 18.5. The van der Waals surface area contributed by atoms with Gasteiger partial charge in [0.15, 0.2) is 0 Å². The Balaban J connectivity index is 1.39. The summed E-state index contributed by atoms with van der Waals surface area (Å²) in [5.74, 6) is 2.99. The second-order valence-corrected chi connectivity index (χ2v) is 8.20. The molecule has 3 rings (SSSR count). The molecule has 26 heavy (non-hydrogen) atoms. The van der Waals surface area contributed by atoms with E-state index in [4.69, 9.17) is 4.74 Å². The topological polar surface area (TPSA) is 67.4 Å². The molecular weight excluding hydrogens is 328 g/mol. The van der Waals surface area contributed by atoms with Crippen molar-refractivity contribution in [2.75, 3.05) is 6.61 Å². The third-order valence-electron chi connectivity index (χ3n) is 5.73. The Labute approximate surface area is 155 Å². The van der Waals surface area contributed by atoms with Gasteiger partial charge in [0, 0.05) is 12.0 Å². The number of hydrazine groups is 1. The van der Waals surface area contributed by atoms with Crippen molar-refractivity contribution in [2.45, 2.75) is 52.4 Å². The number of fused-ring (bicyclic) bond motifs is 2. The SMILES string of the molecule is CC(C)CCOc1ccc(C(=O)NNC(=O)CC2CC3CCC2C3)cc1. The first-order valence-electron chi connectivity index (χ1n) is 9.83. The number of carbonyl (C=O) groups is 2. The van der Waals surface area contributed by atoms with Crippen molar-refractivity contribution in [2.24, 2.45) is 23.7 Å². The molecule has 2 amide bonds. The number of nitrogens with one attached hydrogen (secondary N) is 2. The highest BCUT2D eigenvalue weighted by molar-refractivity contribution is 5.95. The molecule has 0 saturated heterocycles. The molecule has 2 fully saturated rings. The minimum absolute atomic E-state index is 0.0930. The van der Waals surface area contributed by atoms with Crippen LogP contribution in [0.5, 0.6) is 5.75 Å². The first-order chi connectivity index (χ1) is 12.5. The number of rotatable bonds is 7. The summed E-state index contributed by atoms with van der Waals surface area (Å²) in [6.45, 7) is 4.98. The highest BCUT2D eigenvalue weighted by Gasteiger charge is 2.40. The zero-order valence-corrected chi connectivity index (χ0v) is 15.8. The van der Waals surface area contributed by atoms with Gasteiger partial charge < -0.3 is 4.74 Å². The minimum atomic E-state index is -0.306. The second kappa shape index (κ2) is 8.56. The third kappa shape index (κ3) is 4.99. The lowest BCUT2D eigenvalue weighted by atomic mass is 9.86. The lowest BCUT2D eigenvalue weighted by molar-refractivity contribution is -0.123. The number of carbonyl (C=O) groups excluding carboxylic acids is 2. The Morgan fingerprint density at radius 3 is 2.50 bits per heavy atom. The molecule has 2 aliphatic rings. The first kappa shape index (κ1) is 18.7. The number of hydrogen-bond donors (Lipinski definition) is 2. The van der Waals surface area contributed by atoms with Crippen LogP contribution in [0.2, 0.25) is 0 Å². The van der Waals surface area contributed by atoms with E-state index in [1.54, 1.807) is 24.3 Å². The van der Waals surface area contributed by atoms with E-state index in [9.17, 15) is 9.59 Å². The maximum absolute atomic E-state index is 12.2. The molecule has 142 valence electrons. The average molecular weight is 358 g/mol. The summed E-state index contributed by atoms with van der Waals surface area (Å²) in [6, 6.07) is 6.99. The number of hydrogen-bond acceptors (Lipinski definition) is 3. The van der Waals surface area contributed by atoms with Crippen molar-refractivity contribution in [3.05, 3.63) is 29.8 Å². The van der Waals surface area contributed by atoms with Gasteiger partial charge in [0.1, 0.15) is 5.75 Å². The van der Waals surface area contributed by atoms with Crippen LogP contribution in [0, 0.1) is 23.7 Å². The number of ether oxygens (including phenoxy) is 1. The summed E-state index contributed by atoms with van der Waals surface area (Å²) in [7, 11) is 0. The molecule has 2 aliphatic carbocycles. The summed E-state index contributed by atoms with van der Waals surface area (Å²) in [5.41, 5.74) is 5.58. The van der Waals surface area contributed by atoms with Gasteiger partial charge in [0.05, 0.1) is 6.61 Å². The molecule has 2 saturated carbocycles. The van der Waals surface area contributed by atoms with Crippen LogP contribution >= 0.6 is 0 Å². The fraction of sp³-hybridized carbons (Fsp3) is 0.619. The van der Waals surface area contributed by atoms with E-state index in [0.29, 0.717) is 36.3 Å². The van der Waals surface area contributed by atoms with Crippen LogP contribution in [-0.2, 0) is 4.79 Å². The van der Waals surface area contributed by atoms with Crippen molar-refractivity contribution in [1.82, 2.24) is 10.9 Å². The number of benzene rings is 1. The molecule has 1 aromatic carbocycles. The maximum atomic E-state index is 12.2. The fourth-order valence-corrected chi connectivity index (χ4v) is 4.23. The Morgan fingerprint density at radius 1 is 1.12 bits per heavy atom. The smallest absolute Gasteiger partial charge is 0.269 e. The van der Waals surface area contributed by atoms with Gasteiger partial charge in [-0.15, -0.1) is 0 Å². The molecule has 3 unspecified atom stereocenters. The van der Waals surface area contributed by atoms with Crippen LogP contribution in [0.1, 0.15) is 62.7 Å². The van der Waals surface area contributed by atoms with E-state index in [1.165, 1.54) is 25.7 Å². The molecule has 2 bridgehead atoms. The molecule has 5 nitrogen and oxygen atoms in total. The predicted molar refractivity (Wildman–Crippen MR) is 101 cm³/mol. The summed E-state index contributed by atoms with van der Waals surface area (Å²) >= 11 is 0. The van der Waals surface area contributed by atoms with Crippen LogP contribution in [0.3, 0.4) is 0 Å². The van der Waals surface area contributed by atoms with Crippen molar-refractivity contribution in [3.63, 3.8) is 0 Å². The molecule has 3 atom stereocenters. The zero-order valence-electron chi connectivity index (χ0n) is 15.8. The maximum Gasteiger partial charge on any atom is 0.269 e. The quantitative estimate of drug-likeness (QED) is 0.730. The normalized spacial score (nSPS) is 23.9. The van der Waals surface area contributed by atoms with Crippen molar-refractivity contribution in [3.8, 4) is 5.75 Å². The van der Waals surface area contributed by atoms with E-state index in [1.807, 2.05) is 0 Å². The third-order valence-corrected chi connectivity index (χ3v) is 5.73. The molecular formula is C21H30N2O3. The van der Waals surface area contributed by atoms with Crippen LogP contribution in [0.25, 0.3) is 0 Å². The lowest BCUT2D eigenvalue weighted by Gasteiger charge is -2.20. The van der Waals surface area contributed by atoms with Crippen LogP contribution in [0.15, 0.2) is 24.3 Å². The van der Waals surface area contributed by atoms with Gasteiger partial charge in [0.2, 0.25) is 5.91 Å². The van der Waals surface area contributed by atoms with Crippen molar-refractivity contribution >= 4 is 11.8 Å². The van der Waals surface area contributed by atoms with Crippen molar-refractivity contribution < 1.29 is 14.3 Å². The van der Waals surface area contributed by atoms with Gasteiger partial charge in [-0.05, 0) is 73.6 Å². The second-order valence-electron chi connectivity index (χ2n) is 8.20. The predicted octanol–water partition coefficient (Wildman–Crippen LogP) is 3.70.